The molecule has 0 aliphatic heterocycles. The maximum absolute atomic E-state index is 9.18. The molecule has 0 aliphatic rings. The largest absolute Gasteiger partial charge is 0.493 e. The molecule has 0 saturated carbocycles. The molecule has 0 aliphatic carbocycles. The molecule has 0 saturated heterocycles. The number of benzene rings is 2. The molecule has 0 radical (unpaired) electrons. The Morgan fingerprint density at radius 2 is 1.29 bits per heavy atom. The van der Waals surface area contributed by atoms with Crippen LogP contribution in [-0.4, -0.2) is 36.6 Å². The summed E-state index contributed by atoms with van der Waals surface area (Å²) in [7, 11) is 0. The fourth-order valence-electron chi connectivity index (χ4n) is 3.89. The van der Waals surface area contributed by atoms with Crippen LogP contribution in [0.15, 0.2) is 24.3 Å². The Kier molecular flexibility index (Phi) is 10.0. The normalized spacial score (nSPS) is 13.3. The highest BCUT2D eigenvalue weighted by atomic mass is 16.5. The molecule has 2 atom stereocenters. The number of aliphatic hydroxyl groups is 2. The van der Waals surface area contributed by atoms with Crippen LogP contribution in [0.2, 0.25) is 0 Å². The van der Waals surface area contributed by atoms with E-state index in [-0.39, 0.29) is 25.0 Å². The van der Waals surface area contributed by atoms with E-state index in [1.54, 1.807) is 0 Å². The van der Waals surface area contributed by atoms with Gasteiger partial charge in [0.25, 0.3) is 0 Å². The van der Waals surface area contributed by atoms with Crippen molar-refractivity contribution in [1.82, 2.24) is 0 Å². The van der Waals surface area contributed by atoms with Crippen molar-refractivity contribution >= 4 is 0 Å². The van der Waals surface area contributed by atoms with Gasteiger partial charge in [-0.15, -0.1) is 0 Å². The zero-order valence-electron chi connectivity index (χ0n) is 20.1. The van der Waals surface area contributed by atoms with Crippen molar-refractivity contribution in [1.29, 1.82) is 0 Å². The molecule has 4 heteroatoms. The smallest absolute Gasteiger partial charge is 0.125 e. The summed E-state index contributed by atoms with van der Waals surface area (Å²) in [6.07, 6.45) is 1.73. The molecule has 0 amide bonds. The SMILES string of the molecule is Cc1cc(Cc2cc(C)c(OCCC(C)CO)c(C)c2)cc(C)c1COCC(C)CO. The highest BCUT2D eigenvalue weighted by Crippen LogP contribution is 2.27. The van der Waals surface area contributed by atoms with Gasteiger partial charge in [0.1, 0.15) is 5.75 Å². The predicted molar refractivity (Wildman–Crippen MR) is 127 cm³/mol. The Bertz CT molecular complexity index is 728. The lowest BCUT2D eigenvalue weighted by molar-refractivity contribution is 0.0691. The van der Waals surface area contributed by atoms with E-state index >= 15 is 0 Å². The molecule has 2 unspecified atom stereocenters. The Morgan fingerprint density at radius 3 is 1.81 bits per heavy atom. The van der Waals surface area contributed by atoms with Crippen LogP contribution in [-0.2, 0) is 17.8 Å². The summed E-state index contributed by atoms with van der Waals surface area (Å²) >= 11 is 0. The third kappa shape index (κ3) is 7.64. The van der Waals surface area contributed by atoms with Gasteiger partial charge in [-0.1, -0.05) is 38.1 Å². The van der Waals surface area contributed by atoms with E-state index in [9.17, 15) is 5.11 Å². The van der Waals surface area contributed by atoms with Crippen molar-refractivity contribution in [3.63, 3.8) is 0 Å². The minimum Gasteiger partial charge on any atom is -0.493 e. The number of hydrogen-bond acceptors (Lipinski definition) is 4. The third-order valence-corrected chi connectivity index (χ3v) is 5.81. The van der Waals surface area contributed by atoms with Crippen LogP contribution in [0.5, 0.6) is 5.75 Å². The maximum Gasteiger partial charge on any atom is 0.125 e. The first kappa shape index (κ1) is 25.4. The summed E-state index contributed by atoms with van der Waals surface area (Å²) in [6, 6.07) is 8.95. The van der Waals surface area contributed by atoms with Crippen LogP contribution >= 0.6 is 0 Å². The van der Waals surface area contributed by atoms with Gasteiger partial charge in [0.2, 0.25) is 0 Å². The minimum absolute atomic E-state index is 0.154. The average Bonchev–Trinajstić information content (AvgIpc) is 2.71. The third-order valence-electron chi connectivity index (χ3n) is 5.81. The Balaban J connectivity index is 2.06. The van der Waals surface area contributed by atoms with Crippen molar-refractivity contribution in [2.24, 2.45) is 11.8 Å². The molecule has 172 valence electrons. The summed E-state index contributed by atoms with van der Waals surface area (Å²) in [5.74, 6) is 1.39. The molecule has 0 heterocycles. The second kappa shape index (κ2) is 12.2. The first-order valence-corrected chi connectivity index (χ1v) is 11.4. The van der Waals surface area contributed by atoms with E-state index in [0.29, 0.717) is 19.8 Å². The molecular formula is C27H40O4. The van der Waals surface area contributed by atoms with Crippen molar-refractivity contribution in [2.75, 3.05) is 26.4 Å². The van der Waals surface area contributed by atoms with E-state index in [1.807, 2.05) is 13.8 Å². The highest BCUT2D eigenvalue weighted by molar-refractivity contribution is 5.46. The van der Waals surface area contributed by atoms with Gasteiger partial charge in [0.05, 0.1) is 19.8 Å². The first-order valence-electron chi connectivity index (χ1n) is 11.4. The van der Waals surface area contributed by atoms with Crippen LogP contribution in [0.3, 0.4) is 0 Å². The number of ether oxygens (including phenoxy) is 2. The topological polar surface area (TPSA) is 58.9 Å². The maximum atomic E-state index is 9.18. The van der Waals surface area contributed by atoms with Crippen LogP contribution < -0.4 is 4.74 Å². The summed E-state index contributed by atoms with van der Waals surface area (Å²) in [4.78, 5) is 0. The Morgan fingerprint density at radius 1 is 0.774 bits per heavy atom. The number of rotatable bonds is 12. The molecule has 2 aromatic rings. The van der Waals surface area contributed by atoms with E-state index in [4.69, 9.17) is 14.6 Å². The van der Waals surface area contributed by atoms with Crippen LogP contribution in [0.4, 0.5) is 0 Å². The molecule has 2 rings (SSSR count). The second-order valence-electron chi connectivity index (χ2n) is 9.17. The van der Waals surface area contributed by atoms with Gasteiger partial charge in [-0.3, -0.25) is 0 Å². The zero-order chi connectivity index (χ0) is 23.0. The molecule has 0 spiro atoms. The summed E-state index contributed by atoms with van der Waals surface area (Å²) in [5.41, 5.74) is 8.63. The van der Waals surface area contributed by atoms with Crippen molar-refractivity contribution < 1.29 is 19.7 Å². The number of aryl methyl sites for hydroxylation is 4. The van der Waals surface area contributed by atoms with E-state index in [2.05, 4.69) is 52.0 Å². The fraction of sp³-hybridized carbons (Fsp3) is 0.556. The summed E-state index contributed by atoms with van der Waals surface area (Å²) in [6.45, 7) is 14.6. The first-order chi connectivity index (χ1) is 14.7. The molecular weight excluding hydrogens is 388 g/mol. The standard InChI is InChI=1S/C27H40O4/c1-18(14-28)7-8-31-27-22(5)11-25(12-23(27)6)13-24-9-20(3)26(21(4)10-24)17-30-16-19(2)15-29/h9-12,18-19,28-29H,7-8,13-17H2,1-6H3. The Hall–Kier alpha value is -1.88. The highest BCUT2D eigenvalue weighted by Gasteiger charge is 2.11. The molecule has 2 aromatic carbocycles. The van der Waals surface area contributed by atoms with Gasteiger partial charge in [-0.2, -0.15) is 0 Å². The molecule has 31 heavy (non-hydrogen) atoms. The Labute approximate surface area is 188 Å². The van der Waals surface area contributed by atoms with Crippen molar-refractivity contribution in [2.45, 2.75) is 61.0 Å². The molecule has 0 fully saturated rings. The van der Waals surface area contributed by atoms with Gasteiger partial charge in [0.15, 0.2) is 0 Å². The number of aliphatic hydroxyl groups excluding tert-OH is 2. The van der Waals surface area contributed by atoms with Gasteiger partial charge in [-0.05, 0) is 85.4 Å². The monoisotopic (exact) mass is 428 g/mol. The molecule has 0 bridgehead atoms. The van der Waals surface area contributed by atoms with Crippen LogP contribution in [0, 0.1) is 39.5 Å². The van der Waals surface area contributed by atoms with Gasteiger partial charge < -0.3 is 19.7 Å². The van der Waals surface area contributed by atoms with Crippen molar-refractivity contribution in [3.05, 3.63) is 63.2 Å². The van der Waals surface area contributed by atoms with Gasteiger partial charge >= 0.3 is 0 Å². The lowest BCUT2D eigenvalue weighted by Gasteiger charge is -2.17. The summed E-state index contributed by atoms with van der Waals surface area (Å²) in [5, 5.41) is 18.3. The minimum atomic E-state index is 0.154. The van der Waals surface area contributed by atoms with Crippen molar-refractivity contribution in [3.8, 4) is 5.75 Å². The van der Waals surface area contributed by atoms with E-state index in [1.165, 1.54) is 27.8 Å². The van der Waals surface area contributed by atoms with Crippen LogP contribution in [0.1, 0.15) is 59.2 Å². The predicted octanol–water partition coefficient (Wildman–Crippen LogP) is 5.05. The van der Waals surface area contributed by atoms with Crippen LogP contribution in [0.25, 0.3) is 0 Å². The van der Waals surface area contributed by atoms with Gasteiger partial charge in [-0.25, -0.2) is 0 Å². The van der Waals surface area contributed by atoms with E-state index in [0.717, 1.165) is 29.7 Å². The molecule has 4 nitrogen and oxygen atoms in total. The summed E-state index contributed by atoms with van der Waals surface area (Å²) < 4.78 is 11.8. The zero-order valence-corrected chi connectivity index (χ0v) is 20.1. The lowest BCUT2D eigenvalue weighted by atomic mass is 9.94. The quantitative estimate of drug-likeness (QED) is 0.496. The van der Waals surface area contributed by atoms with Gasteiger partial charge in [0, 0.05) is 19.1 Å². The molecule has 2 N–H and O–H groups in total. The second-order valence-corrected chi connectivity index (χ2v) is 9.17. The van der Waals surface area contributed by atoms with E-state index < -0.39 is 0 Å². The number of hydrogen-bond donors (Lipinski definition) is 2. The average molecular weight is 429 g/mol. The molecule has 0 aromatic heterocycles. The fourth-order valence-corrected chi connectivity index (χ4v) is 3.89. The lowest BCUT2D eigenvalue weighted by Crippen LogP contribution is -2.10.